The largest absolute Gasteiger partial charge is 0.468 e. The van der Waals surface area contributed by atoms with Gasteiger partial charge in [-0.2, -0.15) is 13.2 Å². The molecule has 6 nitrogen and oxygen atoms in total. The third-order valence-electron chi connectivity index (χ3n) is 3.94. The highest BCUT2D eigenvalue weighted by Crippen LogP contribution is 2.17. The first-order valence-corrected chi connectivity index (χ1v) is 9.54. The van der Waals surface area contributed by atoms with Gasteiger partial charge in [-0.05, 0) is 46.2 Å². The molecule has 1 rings (SSSR count). The van der Waals surface area contributed by atoms with Gasteiger partial charge in [-0.1, -0.05) is 0 Å². The van der Waals surface area contributed by atoms with Crippen LogP contribution < -0.4 is 15.4 Å². The monoisotopic (exact) mass is 403 g/mol. The van der Waals surface area contributed by atoms with Gasteiger partial charge in [0.15, 0.2) is 12.6 Å². The van der Waals surface area contributed by atoms with Gasteiger partial charge in [0.25, 0.3) is 0 Å². The van der Waals surface area contributed by atoms with Crippen LogP contribution >= 0.6 is 0 Å². The van der Waals surface area contributed by atoms with Gasteiger partial charge in [0, 0.05) is 44.0 Å². The van der Waals surface area contributed by atoms with E-state index < -0.39 is 12.8 Å². The third-order valence-corrected chi connectivity index (χ3v) is 3.94. The van der Waals surface area contributed by atoms with Gasteiger partial charge in [-0.25, -0.2) is 9.98 Å². The zero-order valence-corrected chi connectivity index (χ0v) is 17.3. The molecule has 9 heteroatoms. The lowest BCUT2D eigenvalue weighted by atomic mass is 10.2. The number of aliphatic imine (C=N–C) groups is 1. The van der Waals surface area contributed by atoms with Crippen LogP contribution in [0.1, 0.15) is 40.2 Å². The smallest absolute Gasteiger partial charge is 0.422 e. The van der Waals surface area contributed by atoms with E-state index in [4.69, 9.17) is 0 Å². The third kappa shape index (κ3) is 9.77. The number of nitrogens with one attached hydrogen (secondary N) is 2. The molecule has 160 valence electrons. The maximum absolute atomic E-state index is 12.3. The molecule has 0 spiro atoms. The van der Waals surface area contributed by atoms with E-state index in [2.05, 4.69) is 57.9 Å². The molecule has 1 aromatic heterocycles. The van der Waals surface area contributed by atoms with Crippen molar-refractivity contribution in [1.82, 2.24) is 20.5 Å². The van der Waals surface area contributed by atoms with Gasteiger partial charge >= 0.3 is 6.18 Å². The molecule has 0 unspecified atom stereocenters. The number of ether oxygens (including phenoxy) is 1. The van der Waals surface area contributed by atoms with E-state index in [-0.39, 0.29) is 5.88 Å². The Morgan fingerprint density at radius 3 is 2.46 bits per heavy atom. The number of hydrogen-bond donors (Lipinski definition) is 2. The summed E-state index contributed by atoms with van der Waals surface area (Å²) in [5.74, 6) is 0.594. The van der Waals surface area contributed by atoms with E-state index in [1.165, 1.54) is 12.3 Å². The second-order valence-electron chi connectivity index (χ2n) is 6.95. The van der Waals surface area contributed by atoms with E-state index in [9.17, 15) is 13.2 Å². The van der Waals surface area contributed by atoms with Crippen LogP contribution in [0.4, 0.5) is 13.2 Å². The fourth-order valence-corrected chi connectivity index (χ4v) is 2.71. The van der Waals surface area contributed by atoms with E-state index in [1.807, 2.05) is 6.92 Å². The van der Waals surface area contributed by atoms with Crippen LogP contribution in [0.5, 0.6) is 5.88 Å². The number of guanidine groups is 1. The molecule has 0 aliphatic rings. The van der Waals surface area contributed by atoms with Crippen LogP contribution in [0.2, 0.25) is 0 Å². The van der Waals surface area contributed by atoms with Crippen molar-refractivity contribution in [2.75, 3.05) is 26.2 Å². The lowest BCUT2D eigenvalue weighted by Crippen LogP contribution is -2.45. The Hall–Kier alpha value is -2.03. The molecule has 0 aliphatic heterocycles. The Morgan fingerprint density at radius 2 is 1.89 bits per heavy atom. The molecule has 0 atom stereocenters. The molecule has 0 saturated heterocycles. The van der Waals surface area contributed by atoms with E-state index in [0.717, 1.165) is 18.7 Å². The topological polar surface area (TPSA) is 61.8 Å². The van der Waals surface area contributed by atoms with Crippen molar-refractivity contribution in [2.24, 2.45) is 4.99 Å². The van der Waals surface area contributed by atoms with Gasteiger partial charge in [-0.3, -0.25) is 4.90 Å². The number of rotatable bonds is 10. The summed E-state index contributed by atoms with van der Waals surface area (Å²) in [5, 5.41) is 6.46. The average Bonchev–Trinajstić information content (AvgIpc) is 2.60. The highest BCUT2D eigenvalue weighted by molar-refractivity contribution is 5.79. The summed E-state index contributed by atoms with van der Waals surface area (Å²) in [6.45, 7) is 11.9. The minimum atomic E-state index is -4.39. The van der Waals surface area contributed by atoms with E-state index in [0.29, 0.717) is 31.1 Å². The van der Waals surface area contributed by atoms with Crippen LogP contribution in [-0.4, -0.2) is 60.3 Å². The molecule has 0 fully saturated rings. The normalized spacial score (nSPS) is 12.8. The number of halogens is 3. The molecule has 0 bridgehead atoms. The molecule has 0 radical (unpaired) electrons. The fourth-order valence-electron chi connectivity index (χ4n) is 2.71. The van der Waals surface area contributed by atoms with Crippen LogP contribution in [0.15, 0.2) is 23.3 Å². The van der Waals surface area contributed by atoms with Crippen LogP contribution in [-0.2, 0) is 6.54 Å². The fraction of sp³-hybridized carbons (Fsp3) is 0.684. The quantitative estimate of drug-likeness (QED) is 0.464. The zero-order chi connectivity index (χ0) is 21.2. The Labute approximate surface area is 165 Å². The first-order chi connectivity index (χ1) is 13.1. The number of hydrogen-bond acceptors (Lipinski definition) is 4. The highest BCUT2D eigenvalue weighted by atomic mass is 19.4. The zero-order valence-electron chi connectivity index (χ0n) is 17.3. The Balaban J connectivity index is 2.64. The molecular weight excluding hydrogens is 371 g/mol. The van der Waals surface area contributed by atoms with Crippen molar-refractivity contribution in [2.45, 2.75) is 59.4 Å². The summed E-state index contributed by atoms with van der Waals surface area (Å²) >= 11 is 0. The Morgan fingerprint density at radius 1 is 1.21 bits per heavy atom. The maximum atomic E-state index is 12.3. The Bertz CT molecular complexity index is 597. The van der Waals surface area contributed by atoms with Crippen molar-refractivity contribution < 1.29 is 17.9 Å². The molecular formula is C19H32F3N5O. The summed E-state index contributed by atoms with van der Waals surface area (Å²) in [4.78, 5) is 10.7. The minimum Gasteiger partial charge on any atom is -0.468 e. The van der Waals surface area contributed by atoms with Crippen molar-refractivity contribution in [1.29, 1.82) is 0 Å². The lowest BCUT2D eigenvalue weighted by molar-refractivity contribution is -0.154. The van der Waals surface area contributed by atoms with Crippen molar-refractivity contribution in [3.8, 4) is 5.88 Å². The molecule has 0 amide bonds. The number of aromatic nitrogens is 1. The van der Waals surface area contributed by atoms with E-state index >= 15 is 0 Å². The van der Waals surface area contributed by atoms with Gasteiger partial charge in [-0.15, -0.1) is 0 Å². The predicted octanol–water partition coefficient (Wildman–Crippen LogP) is 3.20. The second kappa shape index (κ2) is 11.7. The standard InChI is InChI=1S/C19H32F3N5O/c1-6-23-18(25-9-10-27(14(2)3)15(4)5)26-12-16-7-8-24-17(11-16)28-13-19(20,21)22/h7-8,11,14-15H,6,9-10,12-13H2,1-5H3,(H2,23,25,26). The average molecular weight is 403 g/mol. The molecule has 28 heavy (non-hydrogen) atoms. The van der Waals surface area contributed by atoms with E-state index in [1.54, 1.807) is 6.07 Å². The molecule has 0 saturated carbocycles. The van der Waals surface area contributed by atoms with Crippen molar-refractivity contribution in [3.63, 3.8) is 0 Å². The number of alkyl halides is 3. The second-order valence-corrected chi connectivity index (χ2v) is 6.95. The minimum absolute atomic E-state index is 0.0625. The van der Waals surface area contributed by atoms with Gasteiger partial charge in [0.05, 0.1) is 6.54 Å². The molecule has 2 N–H and O–H groups in total. The summed E-state index contributed by atoms with van der Waals surface area (Å²) < 4.78 is 41.5. The van der Waals surface area contributed by atoms with Crippen LogP contribution in [0.3, 0.4) is 0 Å². The summed E-state index contributed by atoms with van der Waals surface area (Å²) in [5.41, 5.74) is 0.718. The lowest BCUT2D eigenvalue weighted by Gasteiger charge is -2.30. The number of nitrogens with zero attached hydrogens (tertiary/aromatic N) is 3. The first-order valence-electron chi connectivity index (χ1n) is 9.54. The van der Waals surface area contributed by atoms with Gasteiger partial charge in [0.2, 0.25) is 5.88 Å². The molecule has 1 heterocycles. The predicted molar refractivity (Wildman–Crippen MR) is 106 cm³/mol. The highest BCUT2D eigenvalue weighted by Gasteiger charge is 2.28. The maximum Gasteiger partial charge on any atom is 0.422 e. The van der Waals surface area contributed by atoms with Crippen LogP contribution in [0.25, 0.3) is 0 Å². The van der Waals surface area contributed by atoms with Crippen molar-refractivity contribution >= 4 is 5.96 Å². The SMILES string of the molecule is CCNC(=NCc1ccnc(OCC(F)(F)F)c1)NCCN(C(C)C)C(C)C. The first kappa shape index (κ1) is 24.0. The summed E-state index contributed by atoms with van der Waals surface area (Å²) in [6, 6.07) is 4.08. The Kier molecular flexibility index (Phi) is 10.1. The summed E-state index contributed by atoms with van der Waals surface area (Å²) in [7, 11) is 0. The molecule has 0 aliphatic carbocycles. The van der Waals surface area contributed by atoms with Gasteiger partial charge in [0.1, 0.15) is 0 Å². The molecule has 0 aromatic carbocycles. The van der Waals surface area contributed by atoms with Crippen molar-refractivity contribution in [3.05, 3.63) is 23.9 Å². The van der Waals surface area contributed by atoms with Gasteiger partial charge < -0.3 is 15.4 Å². The molecule has 1 aromatic rings. The summed E-state index contributed by atoms with van der Waals surface area (Å²) in [6.07, 6.45) is -2.97. The number of pyridine rings is 1. The van der Waals surface area contributed by atoms with Crippen LogP contribution in [0, 0.1) is 0 Å².